The van der Waals surface area contributed by atoms with Gasteiger partial charge in [-0.15, -0.1) is 0 Å². The topological polar surface area (TPSA) is 58.6 Å². The van der Waals surface area contributed by atoms with E-state index in [2.05, 4.69) is 21.2 Å². The third-order valence-corrected chi connectivity index (χ3v) is 3.81. The summed E-state index contributed by atoms with van der Waals surface area (Å²) in [5.41, 5.74) is 0.988. The molecule has 0 aliphatic carbocycles. The number of benzene rings is 1. The quantitative estimate of drug-likeness (QED) is 0.896. The average Bonchev–Trinajstić information content (AvgIpc) is 2.78. The van der Waals surface area contributed by atoms with Gasteiger partial charge >= 0.3 is 5.97 Å². The van der Waals surface area contributed by atoms with E-state index in [9.17, 15) is 4.79 Å². The molecule has 1 heterocycles. The number of carboxylic acids is 1. The van der Waals surface area contributed by atoms with Gasteiger partial charge in [-0.25, -0.2) is 0 Å². The van der Waals surface area contributed by atoms with Crippen molar-refractivity contribution in [2.75, 3.05) is 13.7 Å². The highest BCUT2D eigenvalue weighted by Crippen LogP contribution is 2.35. The SMILES string of the molecule is COc1ccc(Br)c(C2CCNC2C(=O)O)c1. The number of halogens is 1. The Bertz CT molecular complexity index is 436. The van der Waals surface area contributed by atoms with E-state index in [1.165, 1.54) is 0 Å². The summed E-state index contributed by atoms with van der Waals surface area (Å²) in [6, 6.07) is 5.13. The summed E-state index contributed by atoms with van der Waals surface area (Å²) in [6.45, 7) is 0.727. The highest BCUT2D eigenvalue weighted by atomic mass is 79.9. The summed E-state index contributed by atoms with van der Waals surface area (Å²) in [7, 11) is 1.61. The van der Waals surface area contributed by atoms with Crippen LogP contribution in [-0.2, 0) is 4.79 Å². The van der Waals surface area contributed by atoms with E-state index in [-0.39, 0.29) is 5.92 Å². The molecule has 2 rings (SSSR count). The van der Waals surface area contributed by atoms with Crippen LogP contribution in [0, 0.1) is 0 Å². The van der Waals surface area contributed by atoms with Gasteiger partial charge in [0, 0.05) is 10.4 Å². The van der Waals surface area contributed by atoms with Crippen molar-refractivity contribution in [2.45, 2.75) is 18.4 Å². The molecule has 0 amide bonds. The molecule has 0 spiro atoms. The van der Waals surface area contributed by atoms with Crippen LogP contribution in [0.3, 0.4) is 0 Å². The normalized spacial score (nSPS) is 23.6. The van der Waals surface area contributed by atoms with Gasteiger partial charge in [0.1, 0.15) is 11.8 Å². The molecule has 92 valence electrons. The molecule has 0 aromatic heterocycles. The van der Waals surface area contributed by atoms with Gasteiger partial charge in [-0.1, -0.05) is 15.9 Å². The average molecular weight is 300 g/mol. The van der Waals surface area contributed by atoms with Crippen molar-refractivity contribution in [3.8, 4) is 5.75 Å². The van der Waals surface area contributed by atoms with Gasteiger partial charge in [0.15, 0.2) is 0 Å². The van der Waals surface area contributed by atoms with Crippen molar-refractivity contribution in [1.82, 2.24) is 5.32 Å². The Kier molecular flexibility index (Phi) is 3.69. The molecule has 4 nitrogen and oxygen atoms in total. The minimum atomic E-state index is -0.804. The maximum absolute atomic E-state index is 11.1. The van der Waals surface area contributed by atoms with Crippen molar-refractivity contribution in [1.29, 1.82) is 0 Å². The van der Waals surface area contributed by atoms with E-state index >= 15 is 0 Å². The van der Waals surface area contributed by atoms with E-state index in [0.717, 1.165) is 28.8 Å². The maximum Gasteiger partial charge on any atom is 0.321 e. The van der Waals surface area contributed by atoms with Crippen LogP contribution in [0.4, 0.5) is 0 Å². The lowest BCUT2D eigenvalue weighted by molar-refractivity contribution is -0.139. The molecule has 1 aromatic carbocycles. The maximum atomic E-state index is 11.1. The van der Waals surface area contributed by atoms with Crippen molar-refractivity contribution >= 4 is 21.9 Å². The van der Waals surface area contributed by atoms with E-state index < -0.39 is 12.0 Å². The standard InChI is InChI=1S/C12H14BrNO3/c1-17-7-2-3-10(13)9(6-7)8-4-5-14-11(8)12(15)16/h2-3,6,8,11,14H,4-5H2,1H3,(H,15,16). The van der Waals surface area contributed by atoms with Gasteiger partial charge in [-0.05, 0) is 36.7 Å². The summed E-state index contributed by atoms with van der Waals surface area (Å²) < 4.78 is 6.11. The predicted molar refractivity (Wildman–Crippen MR) is 67.5 cm³/mol. The lowest BCUT2D eigenvalue weighted by Gasteiger charge is -2.18. The molecule has 1 aromatic rings. The Morgan fingerprint density at radius 3 is 3.00 bits per heavy atom. The van der Waals surface area contributed by atoms with Crippen molar-refractivity contribution < 1.29 is 14.6 Å². The van der Waals surface area contributed by atoms with Crippen LogP contribution in [0.5, 0.6) is 5.75 Å². The molecule has 1 aliphatic rings. The lowest BCUT2D eigenvalue weighted by Crippen LogP contribution is -2.34. The first-order valence-corrected chi connectivity index (χ1v) is 6.22. The molecule has 2 N–H and O–H groups in total. The molecule has 2 atom stereocenters. The minimum absolute atomic E-state index is 0.0167. The van der Waals surface area contributed by atoms with Gasteiger partial charge in [0.2, 0.25) is 0 Å². The van der Waals surface area contributed by atoms with Crippen molar-refractivity contribution in [2.24, 2.45) is 0 Å². The number of carboxylic acid groups (broad SMARTS) is 1. The number of nitrogens with one attached hydrogen (secondary N) is 1. The van der Waals surface area contributed by atoms with Gasteiger partial charge in [-0.3, -0.25) is 4.79 Å². The molecular weight excluding hydrogens is 286 g/mol. The van der Waals surface area contributed by atoms with Crippen molar-refractivity contribution in [3.05, 3.63) is 28.2 Å². The Morgan fingerprint density at radius 1 is 1.59 bits per heavy atom. The van der Waals surface area contributed by atoms with Crippen LogP contribution >= 0.6 is 15.9 Å². The number of aliphatic carboxylic acids is 1. The largest absolute Gasteiger partial charge is 0.497 e. The van der Waals surface area contributed by atoms with Gasteiger partial charge in [0.05, 0.1) is 7.11 Å². The number of hydrogen-bond acceptors (Lipinski definition) is 3. The smallest absolute Gasteiger partial charge is 0.321 e. The van der Waals surface area contributed by atoms with Crippen LogP contribution in [-0.4, -0.2) is 30.8 Å². The van der Waals surface area contributed by atoms with E-state index in [1.807, 2.05) is 18.2 Å². The first-order valence-electron chi connectivity index (χ1n) is 5.43. The summed E-state index contributed by atoms with van der Waals surface area (Å²) in [5, 5.41) is 12.2. The Labute approximate surface area is 108 Å². The fourth-order valence-electron chi connectivity index (χ4n) is 2.23. The monoisotopic (exact) mass is 299 g/mol. The molecular formula is C12H14BrNO3. The first-order chi connectivity index (χ1) is 8.13. The zero-order chi connectivity index (χ0) is 12.4. The van der Waals surface area contributed by atoms with Gasteiger partial charge in [-0.2, -0.15) is 0 Å². The number of methoxy groups -OCH3 is 1. The molecule has 0 saturated carbocycles. The fourth-order valence-corrected chi connectivity index (χ4v) is 2.77. The number of carbonyl (C=O) groups is 1. The third-order valence-electron chi connectivity index (χ3n) is 3.09. The van der Waals surface area contributed by atoms with Crippen LogP contribution in [0.25, 0.3) is 0 Å². The van der Waals surface area contributed by atoms with Crippen LogP contribution in [0.1, 0.15) is 17.9 Å². The van der Waals surface area contributed by atoms with E-state index in [1.54, 1.807) is 7.11 Å². The van der Waals surface area contributed by atoms with Crippen molar-refractivity contribution in [3.63, 3.8) is 0 Å². The molecule has 1 fully saturated rings. The lowest BCUT2D eigenvalue weighted by atomic mass is 9.92. The number of ether oxygens (including phenoxy) is 1. The third kappa shape index (κ3) is 2.45. The fraction of sp³-hybridized carbons (Fsp3) is 0.417. The number of hydrogen-bond donors (Lipinski definition) is 2. The Hall–Kier alpha value is -1.07. The molecule has 5 heteroatoms. The summed E-state index contributed by atoms with van der Waals surface area (Å²) in [5.74, 6) is -0.0709. The Morgan fingerprint density at radius 2 is 2.35 bits per heavy atom. The first kappa shape index (κ1) is 12.4. The predicted octanol–water partition coefficient (Wildman–Crippen LogP) is 1.99. The van der Waals surface area contributed by atoms with Crippen LogP contribution < -0.4 is 10.1 Å². The Balaban J connectivity index is 2.35. The second-order valence-corrected chi connectivity index (χ2v) is 4.91. The molecule has 0 radical (unpaired) electrons. The molecule has 2 unspecified atom stereocenters. The zero-order valence-corrected chi connectivity index (χ0v) is 11.0. The van der Waals surface area contributed by atoms with E-state index in [4.69, 9.17) is 9.84 Å². The molecule has 1 aliphatic heterocycles. The number of rotatable bonds is 3. The van der Waals surface area contributed by atoms with Gasteiger partial charge in [0.25, 0.3) is 0 Å². The van der Waals surface area contributed by atoms with Crippen LogP contribution in [0.2, 0.25) is 0 Å². The highest BCUT2D eigenvalue weighted by Gasteiger charge is 2.34. The summed E-state index contributed by atoms with van der Waals surface area (Å²) in [6.07, 6.45) is 0.822. The summed E-state index contributed by atoms with van der Waals surface area (Å²) >= 11 is 3.47. The van der Waals surface area contributed by atoms with E-state index in [0.29, 0.717) is 0 Å². The van der Waals surface area contributed by atoms with Crippen LogP contribution in [0.15, 0.2) is 22.7 Å². The minimum Gasteiger partial charge on any atom is -0.497 e. The summed E-state index contributed by atoms with van der Waals surface area (Å²) in [4.78, 5) is 11.1. The van der Waals surface area contributed by atoms with Gasteiger partial charge < -0.3 is 15.2 Å². The highest BCUT2D eigenvalue weighted by molar-refractivity contribution is 9.10. The zero-order valence-electron chi connectivity index (χ0n) is 9.44. The molecule has 0 bridgehead atoms. The second-order valence-electron chi connectivity index (χ2n) is 4.05. The molecule has 17 heavy (non-hydrogen) atoms. The second kappa shape index (κ2) is 5.06. The molecule has 1 saturated heterocycles.